The molecule has 0 radical (unpaired) electrons. The van der Waals surface area contributed by atoms with Crippen LogP contribution in [0.2, 0.25) is 10.0 Å². The first kappa shape index (κ1) is 19.0. The Labute approximate surface area is 145 Å². The van der Waals surface area contributed by atoms with Gasteiger partial charge in [-0.3, -0.25) is 9.59 Å². The van der Waals surface area contributed by atoms with Gasteiger partial charge in [-0.15, -0.1) is 12.4 Å². The average molecular weight is 367 g/mol. The van der Waals surface area contributed by atoms with Crippen molar-refractivity contribution in [2.75, 3.05) is 26.2 Å². The third-order valence-corrected chi connectivity index (χ3v) is 3.81. The summed E-state index contributed by atoms with van der Waals surface area (Å²) in [6, 6.07) is 4.25. The van der Waals surface area contributed by atoms with Crippen LogP contribution >= 0.6 is 35.6 Å². The number of benzene rings is 1. The lowest BCUT2D eigenvalue weighted by atomic mass is 10.1. The van der Waals surface area contributed by atoms with Crippen molar-refractivity contribution in [2.24, 2.45) is 5.73 Å². The molecule has 1 aromatic rings. The fraction of sp³-hybridized carbons (Fsp3) is 0.429. The number of carbonyl (C=O) groups is 2. The summed E-state index contributed by atoms with van der Waals surface area (Å²) in [4.78, 5) is 27.6. The monoisotopic (exact) mass is 365 g/mol. The van der Waals surface area contributed by atoms with Gasteiger partial charge in [0.15, 0.2) is 0 Å². The second kappa shape index (κ2) is 8.02. The van der Waals surface area contributed by atoms with Crippen LogP contribution in [0.3, 0.4) is 0 Å². The Morgan fingerprint density at radius 3 is 1.95 bits per heavy atom. The number of nitrogens with zero attached hydrogens (tertiary/aromatic N) is 2. The first-order valence-electron chi connectivity index (χ1n) is 6.68. The van der Waals surface area contributed by atoms with Crippen LogP contribution in [0.25, 0.3) is 0 Å². The molecule has 8 heteroatoms. The van der Waals surface area contributed by atoms with Crippen LogP contribution in [-0.2, 0) is 4.79 Å². The van der Waals surface area contributed by atoms with E-state index in [4.69, 9.17) is 28.9 Å². The predicted octanol–water partition coefficient (Wildman–Crippen LogP) is 2.05. The van der Waals surface area contributed by atoms with Gasteiger partial charge in [-0.2, -0.15) is 0 Å². The predicted molar refractivity (Wildman–Crippen MR) is 89.8 cm³/mol. The van der Waals surface area contributed by atoms with Crippen LogP contribution in [-0.4, -0.2) is 53.8 Å². The second-order valence-corrected chi connectivity index (χ2v) is 5.94. The Bertz CT molecular complexity index is 538. The molecule has 0 aliphatic carbocycles. The molecule has 1 aliphatic heterocycles. The Morgan fingerprint density at radius 1 is 1.05 bits per heavy atom. The van der Waals surface area contributed by atoms with Crippen molar-refractivity contribution in [3.05, 3.63) is 33.8 Å². The minimum Gasteiger partial charge on any atom is -0.338 e. The summed E-state index contributed by atoms with van der Waals surface area (Å²) in [5.41, 5.74) is 6.04. The molecule has 1 aliphatic rings. The number of piperazine rings is 1. The number of hydrogen-bond donors (Lipinski definition) is 1. The van der Waals surface area contributed by atoms with E-state index in [1.807, 2.05) is 0 Å². The number of carbonyl (C=O) groups excluding carboxylic acids is 2. The van der Waals surface area contributed by atoms with E-state index in [9.17, 15) is 9.59 Å². The molecule has 0 spiro atoms. The van der Waals surface area contributed by atoms with Gasteiger partial charge in [0.05, 0.1) is 6.04 Å². The van der Waals surface area contributed by atoms with Crippen LogP contribution in [0.5, 0.6) is 0 Å². The normalized spacial score (nSPS) is 16.0. The van der Waals surface area contributed by atoms with E-state index in [1.54, 1.807) is 34.9 Å². The Morgan fingerprint density at radius 2 is 1.50 bits per heavy atom. The first-order valence-corrected chi connectivity index (χ1v) is 7.44. The molecular weight excluding hydrogens is 349 g/mol. The molecule has 0 saturated carbocycles. The lowest BCUT2D eigenvalue weighted by Gasteiger charge is -2.35. The molecule has 0 aromatic heterocycles. The van der Waals surface area contributed by atoms with Gasteiger partial charge in [0, 0.05) is 41.8 Å². The number of amides is 2. The summed E-state index contributed by atoms with van der Waals surface area (Å²) in [5.74, 6) is -0.222. The van der Waals surface area contributed by atoms with Crippen molar-refractivity contribution < 1.29 is 9.59 Å². The highest BCUT2D eigenvalue weighted by molar-refractivity contribution is 6.35. The van der Waals surface area contributed by atoms with E-state index in [0.29, 0.717) is 41.8 Å². The summed E-state index contributed by atoms with van der Waals surface area (Å²) >= 11 is 11.8. The molecule has 1 heterocycles. The van der Waals surface area contributed by atoms with E-state index < -0.39 is 6.04 Å². The third kappa shape index (κ3) is 4.49. The smallest absolute Gasteiger partial charge is 0.254 e. The second-order valence-electron chi connectivity index (χ2n) is 5.06. The van der Waals surface area contributed by atoms with Crippen molar-refractivity contribution >= 4 is 47.4 Å². The van der Waals surface area contributed by atoms with Crippen LogP contribution in [0.1, 0.15) is 17.3 Å². The van der Waals surface area contributed by atoms with E-state index in [0.717, 1.165) is 0 Å². The number of halogens is 3. The van der Waals surface area contributed by atoms with Crippen molar-refractivity contribution in [2.45, 2.75) is 13.0 Å². The number of hydrogen-bond acceptors (Lipinski definition) is 3. The molecule has 1 atom stereocenters. The zero-order valence-corrected chi connectivity index (χ0v) is 14.4. The van der Waals surface area contributed by atoms with Gasteiger partial charge in [-0.25, -0.2) is 0 Å². The van der Waals surface area contributed by atoms with E-state index in [-0.39, 0.29) is 24.2 Å². The molecule has 1 fully saturated rings. The highest BCUT2D eigenvalue weighted by atomic mass is 35.5. The SMILES string of the molecule is CC(N)C(=O)N1CCN(C(=O)c2cc(Cl)cc(Cl)c2)CC1.Cl. The van der Waals surface area contributed by atoms with Gasteiger partial charge in [-0.1, -0.05) is 23.2 Å². The molecule has 2 N–H and O–H groups in total. The molecule has 0 bridgehead atoms. The molecule has 2 rings (SSSR count). The molecule has 1 saturated heterocycles. The topological polar surface area (TPSA) is 66.6 Å². The molecule has 1 unspecified atom stereocenters. The molecule has 2 amide bonds. The summed E-state index contributed by atoms with van der Waals surface area (Å²) < 4.78 is 0. The maximum absolute atomic E-state index is 12.4. The van der Waals surface area contributed by atoms with Crippen molar-refractivity contribution in [1.82, 2.24) is 9.80 Å². The van der Waals surface area contributed by atoms with Crippen LogP contribution in [0, 0.1) is 0 Å². The van der Waals surface area contributed by atoms with E-state index >= 15 is 0 Å². The van der Waals surface area contributed by atoms with Gasteiger partial charge in [0.2, 0.25) is 5.91 Å². The lowest BCUT2D eigenvalue weighted by Crippen LogP contribution is -2.53. The standard InChI is InChI=1S/C14H17Cl2N3O2.ClH/c1-9(17)13(20)18-2-4-19(5-3-18)14(21)10-6-11(15)8-12(16)7-10;/h6-9H,2-5,17H2,1H3;1H. The van der Waals surface area contributed by atoms with Crippen molar-refractivity contribution in [1.29, 1.82) is 0 Å². The number of nitrogens with two attached hydrogens (primary N) is 1. The molecular formula is C14H18Cl3N3O2. The summed E-state index contributed by atoms with van der Waals surface area (Å²) in [7, 11) is 0. The van der Waals surface area contributed by atoms with Crippen LogP contribution in [0.15, 0.2) is 18.2 Å². The third-order valence-electron chi connectivity index (χ3n) is 3.38. The molecule has 5 nitrogen and oxygen atoms in total. The average Bonchev–Trinajstić information content (AvgIpc) is 2.44. The highest BCUT2D eigenvalue weighted by Gasteiger charge is 2.26. The lowest BCUT2D eigenvalue weighted by molar-refractivity contribution is -0.133. The van der Waals surface area contributed by atoms with Gasteiger partial charge < -0.3 is 15.5 Å². The zero-order chi connectivity index (χ0) is 15.6. The molecule has 22 heavy (non-hydrogen) atoms. The largest absolute Gasteiger partial charge is 0.338 e. The highest BCUT2D eigenvalue weighted by Crippen LogP contribution is 2.20. The zero-order valence-electron chi connectivity index (χ0n) is 12.1. The number of rotatable bonds is 2. The van der Waals surface area contributed by atoms with Crippen molar-refractivity contribution in [3.8, 4) is 0 Å². The Hall–Kier alpha value is -1.01. The van der Waals surface area contributed by atoms with Crippen LogP contribution in [0.4, 0.5) is 0 Å². The summed E-state index contributed by atoms with van der Waals surface area (Å²) in [6.07, 6.45) is 0. The quantitative estimate of drug-likeness (QED) is 0.871. The minimum atomic E-state index is -0.515. The molecule has 1 aromatic carbocycles. The minimum absolute atomic E-state index is 0. The van der Waals surface area contributed by atoms with Gasteiger partial charge in [-0.05, 0) is 25.1 Å². The summed E-state index contributed by atoms with van der Waals surface area (Å²) in [6.45, 7) is 3.58. The van der Waals surface area contributed by atoms with Crippen LogP contribution < -0.4 is 5.73 Å². The Balaban J connectivity index is 0.00000242. The Kier molecular flexibility index (Phi) is 6.94. The van der Waals surface area contributed by atoms with Crippen molar-refractivity contribution in [3.63, 3.8) is 0 Å². The summed E-state index contributed by atoms with van der Waals surface area (Å²) in [5, 5.41) is 0.855. The fourth-order valence-corrected chi connectivity index (χ4v) is 2.80. The van der Waals surface area contributed by atoms with Gasteiger partial charge in [0.1, 0.15) is 0 Å². The van der Waals surface area contributed by atoms with E-state index in [2.05, 4.69) is 0 Å². The van der Waals surface area contributed by atoms with Gasteiger partial charge in [0.25, 0.3) is 5.91 Å². The maximum Gasteiger partial charge on any atom is 0.254 e. The first-order chi connectivity index (χ1) is 9.88. The maximum atomic E-state index is 12.4. The molecule has 122 valence electrons. The van der Waals surface area contributed by atoms with Gasteiger partial charge >= 0.3 is 0 Å². The fourth-order valence-electron chi connectivity index (χ4n) is 2.28. The van der Waals surface area contributed by atoms with E-state index in [1.165, 1.54) is 0 Å².